The van der Waals surface area contributed by atoms with Crippen molar-refractivity contribution in [1.82, 2.24) is 0 Å². The monoisotopic (exact) mass is 234 g/mol. The Bertz CT molecular complexity index is 373. The Hall–Kier alpha value is -0.860. The van der Waals surface area contributed by atoms with E-state index in [1.807, 2.05) is 0 Å². The van der Waals surface area contributed by atoms with Crippen molar-refractivity contribution in [2.75, 3.05) is 13.2 Å². The first-order valence-corrected chi connectivity index (χ1v) is 6.58. The van der Waals surface area contributed by atoms with Gasteiger partial charge in [-0.05, 0) is 36.5 Å². The van der Waals surface area contributed by atoms with E-state index in [1.54, 1.807) is 0 Å². The van der Waals surface area contributed by atoms with E-state index in [4.69, 9.17) is 4.74 Å². The van der Waals surface area contributed by atoms with Crippen LogP contribution in [0, 0.1) is 12.8 Å². The quantitative estimate of drug-likeness (QED) is 0.867. The number of benzene rings is 1. The number of fused-ring (bicyclic) bond motifs is 1. The lowest BCUT2D eigenvalue weighted by molar-refractivity contribution is -0.0197. The zero-order valence-electron chi connectivity index (χ0n) is 10.8. The number of hydrogen-bond donors (Lipinski definition) is 1. The fourth-order valence-corrected chi connectivity index (χ4v) is 2.81. The van der Waals surface area contributed by atoms with Gasteiger partial charge < -0.3 is 9.84 Å². The van der Waals surface area contributed by atoms with E-state index in [0.717, 1.165) is 25.9 Å². The molecule has 0 aliphatic carbocycles. The van der Waals surface area contributed by atoms with E-state index in [1.165, 1.54) is 16.7 Å². The first-order valence-electron chi connectivity index (χ1n) is 6.58. The minimum absolute atomic E-state index is 0.0867. The van der Waals surface area contributed by atoms with E-state index >= 15 is 0 Å². The summed E-state index contributed by atoms with van der Waals surface area (Å²) in [6, 6.07) is 6.41. The molecule has 1 heterocycles. The van der Waals surface area contributed by atoms with Gasteiger partial charge in [-0.1, -0.05) is 31.5 Å². The summed E-state index contributed by atoms with van der Waals surface area (Å²) >= 11 is 0. The summed E-state index contributed by atoms with van der Waals surface area (Å²) in [5, 5.41) is 9.52. The third-order valence-electron chi connectivity index (χ3n) is 3.72. The van der Waals surface area contributed by atoms with Crippen molar-refractivity contribution < 1.29 is 9.84 Å². The second-order valence-corrected chi connectivity index (χ2v) is 4.92. The average Bonchev–Trinajstić information content (AvgIpc) is 2.36. The first kappa shape index (κ1) is 12.6. The molecular formula is C15H22O2. The van der Waals surface area contributed by atoms with Crippen LogP contribution in [-0.4, -0.2) is 18.3 Å². The van der Waals surface area contributed by atoms with Gasteiger partial charge in [-0.2, -0.15) is 0 Å². The van der Waals surface area contributed by atoms with Crippen LogP contribution in [0.5, 0.6) is 0 Å². The highest BCUT2D eigenvalue weighted by Gasteiger charge is 2.28. The molecule has 17 heavy (non-hydrogen) atoms. The van der Waals surface area contributed by atoms with Crippen molar-refractivity contribution in [1.29, 1.82) is 0 Å². The van der Waals surface area contributed by atoms with E-state index in [2.05, 4.69) is 32.0 Å². The fraction of sp³-hybridized carbons (Fsp3) is 0.600. The summed E-state index contributed by atoms with van der Waals surface area (Å²) < 4.78 is 5.90. The largest absolute Gasteiger partial charge is 0.396 e. The highest BCUT2D eigenvalue weighted by atomic mass is 16.5. The van der Waals surface area contributed by atoms with Crippen LogP contribution >= 0.6 is 0 Å². The molecule has 1 N–H and O–H groups in total. The molecule has 2 atom stereocenters. The van der Waals surface area contributed by atoms with Crippen molar-refractivity contribution in [3.8, 4) is 0 Å². The molecule has 0 amide bonds. The molecule has 0 saturated carbocycles. The highest BCUT2D eigenvalue weighted by Crippen LogP contribution is 2.36. The summed E-state index contributed by atoms with van der Waals surface area (Å²) in [6.07, 6.45) is 3.20. The normalized spacial score (nSPS) is 21.0. The SMILES string of the molecule is CCC[C@@H](CO)[C@H]1OCCc2c(C)cccc21. The van der Waals surface area contributed by atoms with Gasteiger partial charge in [0.1, 0.15) is 0 Å². The molecule has 2 heteroatoms. The minimum atomic E-state index is 0.0867. The lowest BCUT2D eigenvalue weighted by Gasteiger charge is -2.32. The van der Waals surface area contributed by atoms with Crippen LogP contribution in [0.15, 0.2) is 18.2 Å². The molecule has 0 radical (unpaired) electrons. The Morgan fingerprint density at radius 1 is 1.47 bits per heavy atom. The molecule has 1 aliphatic heterocycles. The van der Waals surface area contributed by atoms with Gasteiger partial charge in [0.15, 0.2) is 0 Å². The van der Waals surface area contributed by atoms with Gasteiger partial charge >= 0.3 is 0 Å². The number of ether oxygens (including phenoxy) is 1. The van der Waals surface area contributed by atoms with Crippen molar-refractivity contribution in [3.05, 3.63) is 34.9 Å². The summed E-state index contributed by atoms with van der Waals surface area (Å²) in [5.41, 5.74) is 4.08. The van der Waals surface area contributed by atoms with Crippen molar-refractivity contribution in [3.63, 3.8) is 0 Å². The van der Waals surface area contributed by atoms with E-state index in [9.17, 15) is 5.11 Å². The molecule has 0 fully saturated rings. The second kappa shape index (κ2) is 5.65. The van der Waals surface area contributed by atoms with Crippen molar-refractivity contribution in [2.24, 2.45) is 5.92 Å². The summed E-state index contributed by atoms with van der Waals surface area (Å²) in [4.78, 5) is 0. The Morgan fingerprint density at radius 3 is 3.00 bits per heavy atom. The van der Waals surface area contributed by atoms with Gasteiger partial charge in [0.05, 0.1) is 12.7 Å². The summed E-state index contributed by atoms with van der Waals surface area (Å²) in [5.74, 6) is 0.237. The van der Waals surface area contributed by atoms with Gasteiger partial charge in [-0.25, -0.2) is 0 Å². The van der Waals surface area contributed by atoms with E-state index in [-0.39, 0.29) is 18.6 Å². The Labute approximate surface area is 104 Å². The maximum Gasteiger partial charge on any atom is 0.0877 e. The summed E-state index contributed by atoms with van der Waals surface area (Å²) in [7, 11) is 0. The fourth-order valence-electron chi connectivity index (χ4n) is 2.81. The number of aliphatic hydroxyl groups is 1. The topological polar surface area (TPSA) is 29.5 Å². The minimum Gasteiger partial charge on any atom is -0.396 e. The number of aliphatic hydroxyl groups excluding tert-OH is 1. The number of rotatable bonds is 4. The molecule has 94 valence electrons. The molecule has 2 rings (SSSR count). The van der Waals surface area contributed by atoms with Crippen LogP contribution in [0.25, 0.3) is 0 Å². The van der Waals surface area contributed by atoms with Gasteiger partial charge in [0, 0.05) is 12.5 Å². The van der Waals surface area contributed by atoms with Crippen LogP contribution in [0.3, 0.4) is 0 Å². The molecule has 0 bridgehead atoms. The maximum absolute atomic E-state index is 9.52. The Balaban J connectivity index is 2.30. The van der Waals surface area contributed by atoms with Gasteiger partial charge in [0.2, 0.25) is 0 Å². The Kier molecular flexibility index (Phi) is 4.19. The molecule has 1 aromatic rings. The molecule has 1 aliphatic rings. The Morgan fingerprint density at radius 2 is 2.29 bits per heavy atom. The van der Waals surface area contributed by atoms with E-state index in [0.29, 0.717) is 0 Å². The third-order valence-corrected chi connectivity index (χ3v) is 3.72. The van der Waals surface area contributed by atoms with Gasteiger partial charge in [0.25, 0.3) is 0 Å². The predicted octanol–water partition coefficient (Wildman–Crippen LogP) is 3.02. The number of hydrogen-bond acceptors (Lipinski definition) is 2. The van der Waals surface area contributed by atoms with Gasteiger partial charge in [-0.15, -0.1) is 0 Å². The van der Waals surface area contributed by atoms with Crippen LogP contribution < -0.4 is 0 Å². The summed E-state index contributed by atoms with van der Waals surface area (Å²) in [6.45, 7) is 5.31. The molecule has 0 saturated heterocycles. The zero-order valence-corrected chi connectivity index (χ0v) is 10.8. The van der Waals surface area contributed by atoms with E-state index < -0.39 is 0 Å². The third kappa shape index (κ3) is 2.53. The van der Waals surface area contributed by atoms with Crippen LogP contribution in [-0.2, 0) is 11.2 Å². The molecule has 0 unspecified atom stereocenters. The highest BCUT2D eigenvalue weighted by molar-refractivity contribution is 5.37. The first-order chi connectivity index (χ1) is 8.27. The standard InChI is InChI=1S/C15H22O2/c1-3-5-12(10-16)15-14-7-4-6-11(2)13(14)8-9-17-15/h4,6-7,12,15-16H,3,5,8-10H2,1-2H3/t12-,15+/m0/s1. The molecule has 2 nitrogen and oxygen atoms in total. The average molecular weight is 234 g/mol. The number of aryl methyl sites for hydroxylation is 1. The molecule has 0 aromatic heterocycles. The van der Waals surface area contributed by atoms with Crippen LogP contribution in [0.2, 0.25) is 0 Å². The molecular weight excluding hydrogens is 212 g/mol. The van der Waals surface area contributed by atoms with Crippen molar-refractivity contribution >= 4 is 0 Å². The molecule has 1 aromatic carbocycles. The van der Waals surface area contributed by atoms with Crippen molar-refractivity contribution in [2.45, 2.75) is 39.2 Å². The maximum atomic E-state index is 9.52. The lowest BCUT2D eigenvalue weighted by Crippen LogP contribution is -2.26. The molecule has 0 spiro atoms. The van der Waals surface area contributed by atoms with Gasteiger partial charge in [-0.3, -0.25) is 0 Å². The second-order valence-electron chi connectivity index (χ2n) is 4.92. The van der Waals surface area contributed by atoms with Crippen LogP contribution in [0.4, 0.5) is 0 Å². The lowest BCUT2D eigenvalue weighted by atomic mass is 9.85. The zero-order chi connectivity index (χ0) is 12.3. The van der Waals surface area contributed by atoms with Crippen LogP contribution in [0.1, 0.15) is 42.6 Å². The smallest absolute Gasteiger partial charge is 0.0877 e. The predicted molar refractivity (Wildman–Crippen MR) is 69.1 cm³/mol.